The molecule has 1 aliphatic carbocycles. The van der Waals surface area contributed by atoms with Crippen molar-refractivity contribution < 1.29 is 27.8 Å². The van der Waals surface area contributed by atoms with E-state index in [0.29, 0.717) is 34.5 Å². The van der Waals surface area contributed by atoms with Crippen LogP contribution in [-0.4, -0.2) is 61.1 Å². The van der Waals surface area contributed by atoms with Gasteiger partial charge in [-0.2, -0.15) is 23.7 Å². The van der Waals surface area contributed by atoms with Crippen LogP contribution in [0.25, 0.3) is 16.8 Å². The molecule has 12 heteroatoms. The van der Waals surface area contributed by atoms with Gasteiger partial charge in [0.15, 0.2) is 11.6 Å². The van der Waals surface area contributed by atoms with Gasteiger partial charge in [0.25, 0.3) is 0 Å². The summed E-state index contributed by atoms with van der Waals surface area (Å²) in [4.78, 5) is 26.0. The smallest absolute Gasteiger partial charge is 0.410 e. The molecule has 0 radical (unpaired) electrons. The fraction of sp³-hybridized carbons (Fsp3) is 0.500. The molecule has 5 rings (SSSR count). The second-order valence-electron chi connectivity index (χ2n) is 10.1. The molecule has 1 saturated carbocycles. The number of rotatable bonds is 6. The molecule has 4 heterocycles. The number of anilines is 1. The molecule has 2 fully saturated rings. The molecule has 0 aromatic carbocycles. The van der Waals surface area contributed by atoms with E-state index in [1.165, 1.54) is 6.20 Å². The van der Waals surface area contributed by atoms with Crippen LogP contribution < -0.4 is 10.1 Å². The molecule has 10 nitrogen and oxygen atoms in total. The lowest BCUT2D eigenvalue weighted by molar-refractivity contribution is -0.117. The van der Waals surface area contributed by atoms with Gasteiger partial charge in [0.1, 0.15) is 17.4 Å². The van der Waals surface area contributed by atoms with Crippen molar-refractivity contribution in [3.8, 4) is 17.0 Å². The Morgan fingerprint density at radius 3 is 2.67 bits per heavy atom. The predicted octanol–water partition coefficient (Wildman–Crippen LogP) is 4.33. The van der Waals surface area contributed by atoms with E-state index < -0.39 is 24.3 Å². The van der Waals surface area contributed by atoms with Gasteiger partial charge in [-0.1, -0.05) is 0 Å². The van der Waals surface area contributed by atoms with Crippen LogP contribution in [0.15, 0.2) is 30.6 Å². The Hall–Kier alpha value is -3.70. The number of nitrogens with zero attached hydrogens (tertiary/aromatic N) is 5. The highest BCUT2D eigenvalue weighted by molar-refractivity contribution is 5.93. The van der Waals surface area contributed by atoms with E-state index in [4.69, 9.17) is 9.47 Å². The highest BCUT2D eigenvalue weighted by Crippen LogP contribution is 2.36. The van der Waals surface area contributed by atoms with E-state index in [9.17, 15) is 18.4 Å². The van der Waals surface area contributed by atoms with Gasteiger partial charge in [-0.15, -0.1) is 0 Å². The number of ether oxygens (including phenoxy) is 2. The minimum atomic E-state index is -2.88. The summed E-state index contributed by atoms with van der Waals surface area (Å²) in [6.45, 7) is 3.22. The second kappa shape index (κ2) is 9.07. The summed E-state index contributed by atoms with van der Waals surface area (Å²) in [6, 6.07) is 5.00. The lowest BCUT2D eigenvalue weighted by Crippen LogP contribution is -2.36. The number of likely N-dealkylation sites (tertiary alicyclic amines) is 1. The monoisotopic (exact) mass is 502 g/mol. The Kier molecular flexibility index (Phi) is 6.05. The lowest BCUT2D eigenvalue weighted by Gasteiger charge is -2.24. The van der Waals surface area contributed by atoms with Crippen molar-refractivity contribution in [1.29, 1.82) is 0 Å². The van der Waals surface area contributed by atoms with Gasteiger partial charge in [-0.3, -0.25) is 4.79 Å². The fourth-order valence-corrected chi connectivity index (χ4v) is 4.13. The van der Waals surface area contributed by atoms with Crippen molar-refractivity contribution >= 4 is 23.3 Å². The lowest BCUT2D eigenvalue weighted by atomic mass is 10.1. The molecule has 0 spiro atoms. The number of aromatic nitrogens is 4. The third-order valence-electron chi connectivity index (χ3n) is 5.97. The summed E-state index contributed by atoms with van der Waals surface area (Å²) >= 11 is 0. The molecular weight excluding hydrogens is 474 g/mol. The molecular formula is C24H28F2N6O4. The fourth-order valence-electron chi connectivity index (χ4n) is 4.13. The standard InChI is InChI=1S/C24H28F2N6O4/c1-24(2,3)36-23(34)30-8-7-17(13-30)35-18-12-27-32(22(25)26)20(18)15-6-9-31-16(10-15)11-19(29-31)28-21(33)14-4-5-14/h6,9-12,14,17,22H,4-5,7-8,13H2,1-3H3,(H,28,29,33). The van der Waals surface area contributed by atoms with Crippen LogP contribution in [-0.2, 0) is 9.53 Å². The highest BCUT2D eigenvalue weighted by atomic mass is 19.3. The van der Waals surface area contributed by atoms with Crippen molar-refractivity contribution in [1.82, 2.24) is 24.3 Å². The van der Waals surface area contributed by atoms with E-state index in [1.54, 1.807) is 54.6 Å². The summed E-state index contributed by atoms with van der Waals surface area (Å²) < 4.78 is 41.3. The topological polar surface area (TPSA) is 103 Å². The maximum atomic E-state index is 13.8. The van der Waals surface area contributed by atoms with Gasteiger partial charge >= 0.3 is 12.6 Å². The summed E-state index contributed by atoms with van der Waals surface area (Å²) in [7, 11) is 0. The Labute approximate surface area is 206 Å². The van der Waals surface area contributed by atoms with E-state index in [-0.39, 0.29) is 29.8 Å². The first-order valence-electron chi connectivity index (χ1n) is 11.9. The Bertz CT molecular complexity index is 1290. The highest BCUT2D eigenvalue weighted by Gasteiger charge is 2.33. The van der Waals surface area contributed by atoms with E-state index in [0.717, 1.165) is 12.8 Å². The average molecular weight is 503 g/mol. The molecule has 1 saturated heterocycles. The number of nitrogens with one attached hydrogen (secondary N) is 1. The van der Waals surface area contributed by atoms with Crippen molar-refractivity contribution in [2.75, 3.05) is 18.4 Å². The minimum Gasteiger partial charge on any atom is -0.485 e. The maximum absolute atomic E-state index is 13.8. The zero-order valence-electron chi connectivity index (χ0n) is 20.3. The first-order valence-corrected chi connectivity index (χ1v) is 11.9. The molecule has 2 amide bonds. The summed E-state index contributed by atoms with van der Waals surface area (Å²) in [5.41, 5.74) is 0.572. The molecule has 2 aliphatic rings. The maximum Gasteiger partial charge on any atom is 0.410 e. The van der Waals surface area contributed by atoms with Gasteiger partial charge in [0, 0.05) is 36.7 Å². The number of carbonyl (C=O) groups excluding carboxylic acids is 2. The van der Waals surface area contributed by atoms with Crippen LogP contribution in [0.1, 0.15) is 46.6 Å². The molecule has 192 valence electrons. The van der Waals surface area contributed by atoms with E-state index in [2.05, 4.69) is 15.5 Å². The molecule has 1 unspecified atom stereocenters. The number of carbonyl (C=O) groups is 2. The van der Waals surface area contributed by atoms with Gasteiger partial charge in [0.2, 0.25) is 5.91 Å². The average Bonchev–Trinajstić information content (AvgIpc) is 3.21. The second-order valence-corrected chi connectivity index (χ2v) is 10.1. The van der Waals surface area contributed by atoms with Crippen LogP contribution >= 0.6 is 0 Å². The molecule has 1 aliphatic heterocycles. The molecule has 0 bridgehead atoms. The quantitative estimate of drug-likeness (QED) is 0.538. The molecule has 1 N–H and O–H groups in total. The number of pyridine rings is 1. The summed E-state index contributed by atoms with van der Waals surface area (Å²) in [6.07, 6.45) is 4.34. The molecule has 1 atom stereocenters. The number of amides is 2. The van der Waals surface area contributed by atoms with Gasteiger partial charge < -0.3 is 19.7 Å². The summed E-state index contributed by atoms with van der Waals surface area (Å²) in [5, 5.41) is 11.0. The van der Waals surface area contributed by atoms with Crippen molar-refractivity contribution in [3.63, 3.8) is 0 Å². The van der Waals surface area contributed by atoms with E-state index >= 15 is 0 Å². The third kappa shape index (κ3) is 5.12. The number of hydrogen-bond donors (Lipinski definition) is 1. The number of hydrogen-bond acceptors (Lipinski definition) is 6. The van der Waals surface area contributed by atoms with Crippen LogP contribution in [0.5, 0.6) is 5.75 Å². The minimum absolute atomic E-state index is 0.0345. The third-order valence-corrected chi connectivity index (χ3v) is 5.97. The van der Waals surface area contributed by atoms with Crippen molar-refractivity contribution in [2.45, 2.75) is 58.3 Å². The van der Waals surface area contributed by atoms with Gasteiger partial charge in [-0.25, -0.2) is 9.31 Å². The zero-order chi connectivity index (χ0) is 25.6. The van der Waals surface area contributed by atoms with Crippen LogP contribution in [0, 0.1) is 5.92 Å². The molecule has 3 aromatic rings. The zero-order valence-corrected chi connectivity index (χ0v) is 20.3. The predicted molar refractivity (Wildman–Crippen MR) is 126 cm³/mol. The number of fused-ring (bicyclic) bond motifs is 1. The summed E-state index contributed by atoms with van der Waals surface area (Å²) in [5.74, 6) is 0.558. The number of halogens is 2. The van der Waals surface area contributed by atoms with E-state index in [1.807, 2.05) is 0 Å². The SMILES string of the molecule is CC(C)(C)OC(=O)N1CCC(Oc2cnn(C(F)F)c2-c2ccn3nc(NC(=O)C4CC4)cc3c2)C1. The Morgan fingerprint density at radius 1 is 1.19 bits per heavy atom. The van der Waals surface area contributed by atoms with Crippen molar-refractivity contribution in [3.05, 3.63) is 30.6 Å². The molecule has 36 heavy (non-hydrogen) atoms. The first kappa shape index (κ1) is 24.0. The van der Waals surface area contributed by atoms with Gasteiger partial charge in [0.05, 0.1) is 18.3 Å². The normalized spacial score (nSPS) is 18.2. The Balaban J connectivity index is 1.36. The first-order chi connectivity index (χ1) is 17.1. The van der Waals surface area contributed by atoms with Crippen LogP contribution in [0.3, 0.4) is 0 Å². The number of alkyl halides is 2. The Morgan fingerprint density at radius 2 is 1.97 bits per heavy atom. The van der Waals surface area contributed by atoms with Crippen molar-refractivity contribution in [2.24, 2.45) is 5.92 Å². The molecule has 3 aromatic heterocycles. The van der Waals surface area contributed by atoms with Crippen LogP contribution in [0.2, 0.25) is 0 Å². The largest absolute Gasteiger partial charge is 0.485 e. The van der Waals surface area contributed by atoms with Gasteiger partial charge in [-0.05, 0) is 45.7 Å². The van der Waals surface area contributed by atoms with Crippen LogP contribution in [0.4, 0.5) is 19.4 Å².